The zero-order valence-electron chi connectivity index (χ0n) is 10.6. The number of urea groups is 1. The van der Waals surface area contributed by atoms with Gasteiger partial charge in [-0.25, -0.2) is 9.59 Å². The molecule has 0 radical (unpaired) electrons. The number of halogens is 3. The van der Waals surface area contributed by atoms with E-state index in [0.29, 0.717) is 5.75 Å². The Kier molecular flexibility index (Phi) is 7.65. The maximum Gasteiger partial charge on any atom is 0.391 e. The van der Waals surface area contributed by atoms with Gasteiger partial charge in [-0.05, 0) is 25.4 Å². The van der Waals surface area contributed by atoms with E-state index in [1.165, 1.54) is 18.7 Å². The molecule has 0 saturated carbocycles. The highest BCUT2D eigenvalue weighted by molar-refractivity contribution is 7.98. The number of carbonyl (C=O) groups excluding carboxylic acids is 1. The highest BCUT2D eigenvalue weighted by atomic mass is 32.2. The Labute approximate surface area is 113 Å². The summed E-state index contributed by atoms with van der Waals surface area (Å²) in [4.78, 5) is 22.2. The van der Waals surface area contributed by atoms with Gasteiger partial charge in [0.15, 0.2) is 0 Å². The minimum atomic E-state index is -4.38. The second kappa shape index (κ2) is 8.13. The Morgan fingerprint density at radius 1 is 1.32 bits per heavy atom. The third-order valence-corrected chi connectivity index (χ3v) is 2.77. The van der Waals surface area contributed by atoms with E-state index in [0.717, 1.165) is 0 Å². The van der Waals surface area contributed by atoms with Crippen molar-refractivity contribution in [3.8, 4) is 0 Å². The highest BCUT2D eigenvalue weighted by Crippen LogP contribution is 2.21. The number of carbonyl (C=O) groups is 2. The molecule has 0 aliphatic carbocycles. The molecule has 2 amide bonds. The van der Waals surface area contributed by atoms with Crippen molar-refractivity contribution in [2.24, 2.45) is 0 Å². The van der Waals surface area contributed by atoms with Gasteiger partial charge in [-0.15, -0.1) is 0 Å². The molecule has 0 fully saturated rings. The normalized spacial score (nSPS) is 14.6. The van der Waals surface area contributed by atoms with Crippen LogP contribution in [0, 0.1) is 0 Å². The fourth-order valence-electron chi connectivity index (χ4n) is 1.32. The summed E-state index contributed by atoms with van der Waals surface area (Å²) < 4.78 is 36.1. The summed E-state index contributed by atoms with van der Waals surface area (Å²) in [7, 11) is 0. The van der Waals surface area contributed by atoms with Crippen LogP contribution >= 0.6 is 11.8 Å². The first-order chi connectivity index (χ1) is 8.65. The molecular formula is C10H17F3N2O3S. The van der Waals surface area contributed by atoms with Gasteiger partial charge in [0.25, 0.3) is 0 Å². The summed E-state index contributed by atoms with van der Waals surface area (Å²) in [5.74, 6) is -0.692. The molecule has 1 unspecified atom stereocenters. The van der Waals surface area contributed by atoms with Crippen LogP contribution in [-0.4, -0.2) is 47.4 Å². The van der Waals surface area contributed by atoms with Crippen molar-refractivity contribution in [1.29, 1.82) is 0 Å². The number of rotatable bonds is 7. The van der Waals surface area contributed by atoms with Crippen LogP contribution in [-0.2, 0) is 4.79 Å². The molecule has 0 aliphatic rings. The predicted molar refractivity (Wildman–Crippen MR) is 66.2 cm³/mol. The van der Waals surface area contributed by atoms with Gasteiger partial charge in [0.2, 0.25) is 0 Å². The molecule has 0 aliphatic heterocycles. The summed E-state index contributed by atoms with van der Waals surface area (Å²) >= 11 is 1.41. The van der Waals surface area contributed by atoms with Crippen LogP contribution in [0.3, 0.4) is 0 Å². The summed E-state index contributed by atoms with van der Waals surface area (Å²) in [5, 5.41) is 13.0. The first kappa shape index (κ1) is 17.9. The monoisotopic (exact) mass is 302 g/mol. The molecule has 0 aromatic carbocycles. The number of carboxylic acid groups (broad SMARTS) is 1. The second-order valence-electron chi connectivity index (χ2n) is 4.01. The Balaban J connectivity index is 4.22. The fraction of sp³-hybridized carbons (Fsp3) is 0.800. The van der Waals surface area contributed by atoms with E-state index < -0.39 is 36.7 Å². The number of thioether (sulfide) groups is 1. The Morgan fingerprint density at radius 3 is 2.32 bits per heavy atom. The molecule has 0 rings (SSSR count). The van der Waals surface area contributed by atoms with Gasteiger partial charge >= 0.3 is 18.2 Å². The van der Waals surface area contributed by atoms with Crippen molar-refractivity contribution in [2.75, 3.05) is 12.0 Å². The van der Waals surface area contributed by atoms with Gasteiger partial charge in [-0.3, -0.25) is 0 Å². The third kappa shape index (κ3) is 9.46. The van der Waals surface area contributed by atoms with Crippen LogP contribution < -0.4 is 10.6 Å². The van der Waals surface area contributed by atoms with Crippen molar-refractivity contribution in [3.63, 3.8) is 0 Å². The Hall–Kier alpha value is -1.12. The maximum atomic E-state index is 12.0. The van der Waals surface area contributed by atoms with Crippen LogP contribution in [0.5, 0.6) is 0 Å². The molecule has 0 saturated heterocycles. The first-order valence-electron chi connectivity index (χ1n) is 5.51. The minimum absolute atomic E-state index is 0.206. The molecular weight excluding hydrogens is 285 g/mol. The standard InChI is InChI=1S/C10H17F3N2O3S/c1-6(5-10(11,12)13)14-9(18)15-7(8(16)17)3-4-19-2/h6-7H,3-5H2,1-2H3,(H,16,17)(H2,14,15,18)/t6?,7-/m1/s1. The van der Waals surface area contributed by atoms with Gasteiger partial charge in [-0.1, -0.05) is 0 Å². The zero-order chi connectivity index (χ0) is 15.1. The SMILES string of the molecule is CSCC[C@@H](NC(=O)NC(C)CC(F)(F)F)C(=O)O. The van der Waals surface area contributed by atoms with Crippen LogP contribution in [0.2, 0.25) is 0 Å². The van der Waals surface area contributed by atoms with Gasteiger partial charge in [0, 0.05) is 6.04 Å². The molecule has 2 atom stereocenters. The third-order valence-electron chi connectivity index (χ3n) is 2.13. The predicted octanol–water partition coefficient (Wildman–Crippen LogP) is 1.83. The summed E-state index contributed by atoms with van der Waals surface area (Å²) in [6.07, 6.45) is -3.55. The number of amides is 2. The highest BCUT2D eigenvalue weighted by Gasteiger charge is 2.31. The lowest BCUT2D eigenvalue weighted by atomic mass is 10.2. The van der Waals surface area contributed by atoms with Crippen molar-refractivity contribution >= 4 is 23.8 Å². The molecule has 0 spiro atoms. The first-order valence-corrected chi connectivity index (χ1v) is 6.90. The van der Waals surface area contributed by atoms with E-state index in [1.807, 2.05) is 0 Å². The van der Waals surface area contributed by atoms with Crippen molar-refractivity contribution in [3.05, 3.63) is 0 Å². The van der Waals surface area contributed by atoms with Crippen LogP contribution in [0.4, 0.5) is 18.0 Å². The number of alkyl halides is 3. The zero-order valence-corrected chi connectivity index (χ0v) is 11.4. The van der Waals surface area contributed by atoms with Crippen molar-refractivity contribution in [2.45, 2.75) is 38.0 Å². The van der Waals surface area contributed by atoms with Gasteiger partial charge in [0.05, 0.1) is 6.42 Å². The van der Waals surface area contributed by atoms with E-state index in [4.69, 9.17) is 5.11 Å². The van der Waals surface area contributed by atoms with E-state index in [9.17, 15) is 22.8 Å². The molecule has 0 aromatic heterocycles. The molecule has 3 N–H and O–H groups in total. The Bertz CT molecular complexity index is 313. The number of nitrogens with one attached hydrogen (secondary N) is 2. The van der Waals surface area contributed by atoms with Gasteiger partial charge in [-0.2, -0.15) is 24.9 Å². The van der Waals surface area contributed by atoms with Crippen molar-refractivity contribution < 1.29 is 27.9 Å². The molecule has 0 bridgehead atoms. The summed E-state index contributed by atoms with van der Waals surface area (Å²) in [5.41, 5.74) is 0. The van der Waals surface area contributed by atoms with Crippen LogP contribution in [0.15, 0.2) is 0 Å². The molecule has 0 aromatic rings. The fourth-order valence-corrected chi connectivity index (χ4v) is 1.79. The van der Waals surface area contributed by atoms with Crippen LogP contribution in [0.25, 0.3) is 0 Å². The average molecular weight is 302 g/mol. The Morgan fingerprint density at radius 2 is 1.89 bits per heavy atom. The molecule has 19 heavy (non-hydrogen) atoms. The van der Waals surface area contributed by atoms with Gasteiger partial charge in [0.1, 0.15) is 6.04 Å². The average Bonchev–Trinajstić information content (AvgIpc) is 2.20. The number of aliphatic carboxylic acids is 1. The lowest BCUT2D eigenvalue weighted by Gasteiger charge is -2.19. The summed E-state index contributed by atoms with van der Waals surface area (Å²) in [6.45, 7) is 1.20. The quantitative estimate of drug-likeness (QED) is 0.670. The largest absolute Gasteiger partial charge is 0.480 e. The van der Waals surface area contributed by atoms with E-state index in [2.05, 4.69) is 10.6 Å². The van der Waals surface area contributed by atoms with Gasteiger partial charge < -0.3 is 15.7 Å². The summed E-state index contributed by atoms with van der Waals surface area (Å²) in [6, 6.07) is -3.13. The molecule has 9 heteroatoms. The lowest BCUT2D eigenvalue weighted by Crippen LogP contribution is -2.49. The number of hydrogen-bond acceptors (Lipinski definition) is 3. The smallest absolute Gasteiger partial charge is 0.391 e. The number of carboxylic acids is 1. The van der Waals surface area contributed by atoms with Crippen LogP contribution in [0.1, 0.15) is 19.8 Å². The minimum Gasteiger partial charge on any atom is -0.480 e. The van der Waals surface area contributed by atoms with E-state index in [1.54, 1.807) is 6.26 Å². The second-order valence-corrected chi connectivity index (χ2v) is 5.00. The lowest BCUT2D eigenvalue weighted by molar-refractivity contribution is -0.140. The topological polar surface area (TPSA) is 78.4 Å². The van der Waals surface area contributed by atoms with Crippen molar-refractivity contribution in [1.82, 2.24) is 10.6 Å². The van der Waals surface area contributed by atoms with E-state index in [-0.39, 0.29) is 6.42 Å². The maximum absolute atomic E-state index is 12.0. The number of hydrogen-bond donors (Lipinski definition) is 3. The van der Waals surface area contributed by atoms with E-state index >= 15 is 0 Å². The molecule has 0 heterocycles. The molecule has 112 valence electrons. The molecule has 5 nitrogen and oxygen atoms in total.